The quantitative estimate of drug-likeness (QED) is 0.701. The van der Waals surface area contributed by atoms with Crippen LogP contribution in [0.25, 0.3) is 0 Å². The van der Waals surface area contributed by atoms with Crippen LogP contribution in [0.1, 0.15) is 34.1 Å². The first-order chi connectivity index (χ1) is 6.52. The van der Waals surface area contributed by atoms with E-state index in [-0.39, 0.29) is 18.1 Å². The summed E-state index contributed by atoms with van der Waals surface area (Å²) < 4.78 is 5.36. The van der Waals surface area contributed by atoms with E-state index in [2.05, 4.69) is 26.1 Å². The van der Waals surface area contributed by atoms with Crippen LogP contribution in [0, 0.1) is 11.8 Å². The predicted molar refractivity (Wildman–Crippen MR) is 56.0 cm³/mol. The van der Waals surface area contributed by atoms with Gasteiger partial charge in [0.25, 0.3) is 0 Å². The summed E-state index contributed by atoms with van der Waals surface area (Å²) in [6, 6.07) is -0.0869. The van der Waals surface area contributed by atoms with Gasteiger partial charge in [-0.15, -0.1) is 0 Å². The van der Waals surface area contributed by atoms with Crippen molar-refractivity contribution in [2.45, 2.75) is 46.3 Å². The largest absolute Gasteiger partial charge is 0.461 e. The highest BCUT2D eigenvalue weighted by Crippen LogP contribution is 2.17. The molecule has 14 heavy (non-hydrogen) atoms. The summed E-state index contributed by atoms with van der Waals surface area (Å²) in [6.45, 7) is 9.08. The second kappa shape index (κ2) is 4.78. The minimum Gasteiger partial charge on any atom is -0.461 e. The van der Waals surface area contributed by atoms with Crippen LogP contribution in [-0.2, 0) is 9.53 Å². The van der Waals surface area contributed by atoms with Gasteiger partial charge in [0.1, 0.15) is 12.1 Å². The van der Waals surface area contributed by atoms with Crippen molar-refractivity contribution >= 4 is 5.97 Å². The first-order valence-corrected chi connectivity index (χ1v) is 5.46. The number of hydrogen-bond acceptors (Lipinski definition) is 3. The first kappa shape index (κ1) is 11.5. The molecule has 3 nitrogen and oxygen atoms in total. The minimum atomic E-state index is -0.0869. The van der Waals surface area contributed by atoms with E-state index in [4.69, 9.17) is 4.74 Å². The Labute approximate surface area is 86.2 Å². The summed E-state index contributed by atoms with van der Waals surface area (Å²) >= 11 is 0. The molecule has 0 bridgehead atoms. The van der Waals surface area contributed by atoms with E-state index < -0.39 is 0 Å². The average molecular weight is 199 g/mol. The molecule has 1 aliphatic heterocycles. The number of ether oxygens (including phenoxy) is 1. The van der Waals surface area contributed by atoms with E-state index >= 15 is 0 Å². The van der Waals surface area contributed by atoms with Gasteiger partial charge in [-0.05, 0) is 31.7 Å². The summed E-state index contributed by atoms with van der Waals surface area (Å²) in [6.07, 6.45) is 1.08. The van der Waals surface area contributed by atoms with Crippen molar-refractivity contribution in [1.82, 2.24) is 5.32 Å². The lowest BCUT2D eigenvalue weighted by Gasteiger charge is -2.21. The molecular formula is C11H21NO2. The van der Waals surface area contributed by atoms with Gasteiger partial charge in [-0.2, -0.15) is 0 Å². The van der Waals surface area contributed by atoms with Crippen LogP contribution in [0.15, 0.2) is 0 Å². The fourth-order valence-electron chi connectivity index (χ4n) is 1.54. The predicted octanol–water partition coefficient (Wildman–Crippen LogP) is 1.57. The Morgan fingerprint density at radius 3 is 2.50 bits per heavy atom. The minimum absolute atomic E-state index is 0.0112. The Morgan fingerprint density at radius 1 is 1.43 bits per heavy atom. The standard InChI is InChI=1S/C11H21NO2/c1-7(2)9(4)14-11(13)10-8(3)5-6-12-10/h7-10,12H,5-6H2,1-4H3. The molecule has 0 aromatic rings. The normalized spacial score (nSPS) is 29.2. The number of esters is 1. The number of carbonyl (C=O) groups is 1. The van der Waals surface area contributed by atoms with E-state index in [1.807, 2.05) is 6.92 Å². The van der Waals surface area contributed by atoms with Crippen LogP contribution in [0.4, 0.5) is 0 Å². The van der Waals surface area contributed by atoms with Crippen molar-refractivity contribution in [2.75, 3.05) is 6.54 Å². The number of carbonyl (C=O) groups excluding carboxylic acids is 1. The second-order valence-corrected chi connectivity index (χ2v) is 4.58. The maximum Gasteiger partial charge on any atom is 0.323 e. The van der Waals surface area contributed by atoms with Crippen molar-refractivity contribution in [3.05, 3.63) is 0 Å². The molecule has 0 aromatic carbocycles. The Kier molecular flexibility index (Phi) is 3.93. The zero-order valence-corrected chi connectivity index (χ0v) is 9.54. The molecule has 0 amide bonds. The van der Waals surface area contributed by atoms with Crippen LogP contribution in [-0.4, -0.2) is 24.7 Å². The molecule has 1 rings (SSSR count). The van der Waals surface area contributed by atoms with Crippen molar-refractivity contribution in [3.8, 4) is 0 Å². The Hall–Kier alpha value is -0.570. The molecule has 0 spiro atoms. The van der Waals surface area contributed by atoms with Gasteiger partial charge >= 0.3 is 5.97 Å². The van der Waals surface area contributed by atoms with Gasteiger partial charge in [-0.1, -0.05) is 20.8 Å². The molecule has 0 aromatic heterocycles. The van der Waals surface area contributed by atoms with Crippen molar-refractivity contribution in [1.29, 1.82) is 0 Å². The SMILES string of the molecule is CC(C)C(C)OC(=O)C1NCCC1C. The molecule has 0 saturated carbocycles. The van der Waals surface area contributed by atoms with Crippen LogP contribution in [0.5, 0.6) is 0 Å². The van der Waals surface area contributed by atoms with Gasteiger partial charge < -0.3 is 10.1 Å². The summed E-state index contributed by atoms with van der Waals surface area (Å²) in [4.78, 5) is 11.7. The van der Waals surface area contributed by atoms with E-state index in [0.29, 0.717) is 11.8 Å². The maximum atomic E-state index is 11.7. The van der Waals surface area contributed by atoms with E-state index in [0.717, 1.165) is 13.0 Å². The topological polar surface area (TPSA) is 38.3 Å². The molecule has 0 radical (unpaired) electrons. The maximum absolute atomic E-state index is 11.7. The van der Waals surface area contributed by atoms with Gasteiger partial charge in [0.2, 0.25) is 0 Å². The molecular weight excluding hydrogens is 178 g/mol. The summed E-state index contributed by atoms with van der Waals surface area (Å²) in [5.41, 5.74) is 0. The first-order valence-electron chi connectivity index (χ1n) is 5.46. The van der Waals surface area contributed by atoms with Crippen molar-refractivity contribution in [3.63, 3.8) is 0 Å². The Balaban J connectivity index is 2.41. The molecule has 1 heterocycles. The molecule has 1 aliphatic rings. The van der Waals surface area contributed by atoms with Gasteiger partial charge in [-0.25, -0.2) is 0 Å². The van der Waals surface area contributed by atoms with Crippen molar-refractivity contribution in [2.24, 2.45) is 11.8 Å². The summed E-state index contributed by atoms with van der Waals surface area (Å²) in [5.74, 6) is 0.703. The number of nitrogens with one attached hydrogen (secondary N) is 1. The Bertz CT molecular complexity index is 203. The highest BCUT2D eigenvalue weighted by Gasteiger charge is 2.31. The van der Waals surface area contributed by atoms with Gasteiger partial charge in [0, 0.05) is 0 Å². The number of hydrogen-bond donors (Lipinski definition) is 1. The molecule has 1 N–H and O–H groups in total. The molecule has 1 fully saturated rings. The highest BCUT2D eigenvalue weighted by molar-refractivity contribution is 5.76. The van der Waals surface area contributed by atoms with Crippen molar-refractivity contribution < 1.29 is 9.53 Å². The lowest BCUT2D eigenvalue weighted by Crippen LogP contribution is -2.38. The van der Waals surface area contributed by atoms with Gasteiger partial charge in [0.05, 0.1) is 0 Å². The zero-order chi connectivity index (χ0) is 10.7. The fourth-order valence-corrected chi connectivity index (χ4v) is 1.54. The van der Waals surface area contributed by atoms with E-state index in [1.54, 1.807) is 0 Å². The lowest BCUT2D eigenvalue weighted by atomic mass is 10.0. The van der Waals surface area contributed by atoms with E-state index in [1.165, 1.54) is 0 Å². The Morgan fingerprint density at radius 2 is 2.07 bits per heavy atom. The van der Waals surface area contributed by atoms with Crippen LogP contribution < -0.4 is 5.32 Å². The highest BCUT2D eigenvalue weighted by atomic mass is 16.5. The lowest BCUT2D eigenvalue weighted by molar-refractivity contribution is -0.153. The third-order valence-corrected chi connectivity index (χ3v) is 3.03. The summed E-state index contributed by atoms with van der Waals surface area (Å²) in [5, 5.41) is 3.18. The molecule has 3 unspecified atom stereocenters. The smallest absolute Gasteiger partial charge is 0.323 e. The van der Waals surface area contributed by atoms with Crippen LogP contribution in [0.2, 0.25) is 0 Å². The van der Waals surface area contributed by atoms with Crippen LogP contribution >= 0.6 is 0 Å². The third kappa shape index (κ3) is 2.71. The molecule has 0 aliphatic carbocycles. The van der Waals surface area contributed by atoms with Gasteiger partial charge in [-0.3, -0.25) is 4.79 Å². The molecule has 3 heteroatoms. The molecule has 82 valence electrons. The summed E-state index contributed by atoms with van der Waals surface area (Å²) in [7, 11) is 0. The molecule has 1 saturated heterocycles. The molecule has 3 atom stereocenters. The number of rotatable bonds is 3. The van der Waals surface area contributed by atoms with Crippen LogP contribution in [0.3, 0.4) is 0 Å². The fraction of sp³-hybridized carbons (Fsp3) is 0.909. The second-order valence-electron chi connectivity index (χ2n) is 4.58. The van der Waals surface area contributed by atoms with E-state index in [9.17, 15) is 4.79 Å². The average Bonchev–Trinajstić information content (AvgIpc) is 2.51. The zero-order valence-electron chi connectivity index (χ0n) is 9.54. The third-order valence-electron chi connectivity index (χ3n) is 3.03. The monoisotopic (exact) mass is 199 g/mol. The van der Waals surface area contributed by atoms with Gasteiger partial charge in [0.15, 0.2) is 0 Å².